The third-order valence-electron chi connectivity index (χ3n) is 3.30. The molecule has 2 unspecified atom stereocenters. The van der Waals surface area contributed by atoms with Gasteiger partial charge >= 0.3 is 6.18 Å². The lowest BCUT2D eigenvalue weighted by molar-refractivity contribution is -0.154. The van der Waals surface area contributed by atoms with E-state index in [0.29, 0.717) is 24.5 Å². The van der Waals surface area contributed by atoms with Gasteiger partial charge in [0.05, 0.1) is 0 Å². The van der Waals surface area contributed by atoms with Gasteiger partial charge in [-0.25, -0.2) is 4.98 Å². The number of rotatable bonds is 5. The van der Waals surface area contributed by atoms with Crippen LogP contribution in [0.25, 0.3) is 0 Å². The molecule has 2 N–H and O–H groups in total. The molecule has 2 rings (SSSR count). The number of hydrogen-bond donors (Lipinski definition) is 2. The molecule has 1 heterocycles. The zero-order chi connectivity index (χ0) is 16.2. The molecule has 0 aliphatic heterocycles. The standard InChI is InChI=1S/C14H19F3N4O.HI/c1-9-5-11(9)21-13(18-2)20-7-10-3-4-19-12(6-10)22-8-14(15,16)17;/h3-4,6,9,11H,5,7-8H2,1-2H3,(H2,18,20,21);1H. The Morgan fingerprint density at radius 2 is 2.17 bits per heavy atom. The minimum absolute atomic E-state index is 0. The first kappa shape index (κ1) is 19.8. The fourth-order valence-corrected chi connectivity index (χ4v) is 1.87. The maximum Gasteiger partial charge on any atom is 0.422 e. The first-order chi connectivity index (χ1) is 10.4. The maximum absolute atomic E-state index is 12.1. The Morgan fingerprint density at radius 3 is 2.74 bits per heavy atom. The third kappa shape index (κ3) is 7.23. The highest BCUT2D eigenvalue weighted by atomic mass is 127. The van der Waals surface area contributed by atoms with E-state index >= 15 is 0 Å². The van der Waals surface area contributed by atoms with Crippen LogP contribution in [0.3, 0.4) is 0 Å². The third-order valence-corrected chi connectivity index (χ3v) is 3.30. The van der Waals surface area contributed by atoms with Crippen molar-refractivity contribution >= 4 is 29.9 Å². The van der Waals surface area contributed by atoms with Gasteiger partial charge in [0.2, 0.25) is 5.88 Å². The number of pyridine rings is 1. The predicted octanol–water partition coefficient (Wildman–Crippen LogP) is 2.71. The first-order valence-corrected chi connectivity index (χ1v) is 6.99. The Hall–Kier alpha value is -1.26. The van der Waals surface area contributed by atoms with Crippen LogP contribution in [0.15, 0.2) is 23.3 Å². The fourth-order valence-electron chi connectivity index (χ4n) is 1.87. The van der Waals surface area contributed by atoms with Gasteiger partial charge in [-0.05, 0) is 24.0 Å². The molecule has 23 heavy (non-hydrogen) atoms. The molecular formula is C14H20F3IN4O. The molecule has 2 atom stereocenters. The molecule has 1 aromatic heterocycles. The quantitative estimate of drug-likeness (QED) is 0.417. The van der Waals surface area contributed by atoms with Gasteiger partial charge in [0, 0.05) is 31.9 Å². The molecule has 9 heteroatoms. The number of hydrogen-bond acceptors (Lipinski definition) is 3. The number of alkyl halides is 3. The molecular weight excluding hydrogens is 424 g/mol. The molecule has 1 fully saturated rings. The van der Waals surface area contributed by atoms with Crippen molar-refractivity contribution in [3.05, 3.63) is 23.9 Å². The number of nitrogens with one attached hydrogen (secondary N) is 2. The molecule has 0 saturated heterocycles. The zero-order valence-corrected chi connectivity index (χ0v) is 15.2. The lowest BCUT2D eigenvalue weighted by Crippen LogP contribution is -2.38. The van der Waals surface area contributed by atoms with Crippen molar-refractivity contribution in [3.63, 3.8) is 0 Å². The molecule has 0 spiro atoms. The first-order valence-electron chi connectivity index (χ1n) is 6.99. The largest absolute Gasteiger partial charge is 0.468 e. The van der Waals surface area contributed by atoms with Crippen LogP contribution < -0.4 is 15.4 Å². The molecule has 0 amide bonds. The summed E-state index contributed by atoms with van der Waals surface area (Å²) in [6, 6.07) is 3.63. The second-order valence-corrected chi connectivity index (χ2v) is 5.30. The number of aromatic nitrogens is 1. The second-order valence-electron chi connectivity index (χ2n) is 5.30. The van der Waals surface area contributed by atoms with E-state index in [2.05, 4.69) is 32.3 Å². The van der Waals surface area contributed by atoms with E-state index in [1.54, 1.807) is 13.1 Å². The fraction of sp³-hybridized carbons (Fsp3) is 0.571. The van der Waals surface area contributed by atoms with Crippen molar-refractivity contribution in [2.75, 3.05) is 13.7 Å². The molecule has 1 aliphatic rings. The smallest absolute Gasteiger partial charge is 0.422 e. The Labute approximate surface area is 150 Å². The highest BCUT2D eigenvalue weighted by Crippen LogP contribution is 2.28. The van der Waals surface area contributed by atoms with Crippen molar-refractivity contribution < 1.29 is 17.9 Å². The average Bonchev–Trinajstić information content (AvgIpc) is 3.16. The SMILES string of the molecule is CN=C(NCc1ccnc(OCC(F)(F)F)c1)NC1CC1C.I. The maximum atomic E-state index is 12.1. The van der Waals surface area contributed by atoms with Gasteiger partial charge in [-0.15, -0.1) is 24.0 Å². The normalized spacial score (nSPS) is 20.5. The van der Waals surface area contributed by atoms with Gasteiger partial charge < -0.3 is 15.4 Å². The van der Waals surface area contributed by atoms with E-state index in [1.807, 2.05) is 0 Å². The lowest BCUT2D eigenvalue weighted by Gasteiger charge is -2.12. The summed E-state index contributed by atoms with van der Waals surface area (Å²) in [4.78, 5) is 7.87. The summed E-state index contributed by atoms with van der Waals surface area (Å²) in [5, 5.41) is 6.37. The summed E-state index contributed by atoms with van der Waals surface area (Å²) in [5.74, 6) is 1.26. The Bertz CT molecular complexity index is 539. The second kappa shape index (κ2) is 8.55. The van der Waals surface area contributed by atoms with Gasteiger partial charge in [0.15, 0.2) is 12.6 Å². The van der Waals surface area contributed by atoms with Crippen molar-refractivity contribution in [2.45, 2.75) is 32.1 Å². The van der Waals surface area contributed by atoms with Gasteiger partial charge in [0.1, 0.15) is 0 Å². The molecule has 0 bridgehead atoms. The van der Waals surface area contributed by atoms with Gasteiger partial charge in [-0.2, -0.15) is 13.2 Å². The molecule has 0 aromatic carbocycles. The van der Waals surface area contributed by atoms with Crippen LogP contribution in [0.1, 0.15) is 18.9 Å². The van der Waals surface area contributed by atoms with E-state index in [9.17, 15) is 13.2 Å². The summed E-state index contributed by atoms with van der Waals surface area (Å²) >= 11 is 0. The summed E-state index contributed by atoms with van der Waals surface area (Å²) < 4.78 is 41.0. The summed E-state index contributed by atoms with van der Waals surface area (Å²) in [6.45, 7) is 1.23. The monoisotopic (exact) mass is 444 g/mol. The molecule has 1 saturated carbocycles. The predicted molar refractivity (Wildman–Crippen MR) is 92.1 cm³/mol. The van der Waals surface area contributed by atoms with Gasteiger partial charge in [-0.1, -0.05) is 6.92 Å². The van der Waals surface area contributed by atoms with Crippen LogP contribution in [0.5, 0.6) is 5.88 Å². The highest BCUT2D eigenvalue weighted by Gasteiger charge is 2.33. The van der Waals surface area contributed by atoms with Crippen LogP contribution in [0, 0.1) is 5.92 Å². The number of aliphatic imine (C=N–C) groups is 1. The molecule has 5 nitrogen and oxygen atoms in total. The Balaban J connectivity index is 0.00000264. The number of guanidine groups is 1. The van der Waals surface area contributed by atoms with Crippen LogP contribution in [-0.4, -0.2) is 36.8 Å². The van der Waals surface area contributed by atoms with Crippen molar-refractivity contribution in [3.8, 4) is 5.88 Å². The summed E-state index contributed by atoms with van der Waals surface area (Å²) in [6.07, 6.45) is -1.84. The van der Waals surface area contributed by atoms with Crippen molar-refractivity contribution in [1.29, 1.82) is 0 Å². The van der Waals surface area contributed by atoms with E-state index in [1.165, 1.54) is 12.3 Å². The van der Waals surface area contributed by atoms with Gasteiger partial charge in [0.25, 0.3) is 0 Å². The zero-order valence-electron chi connectivity index (χ0n) is 12.9. The lowest BCUT2D eigenvalue weighted by atomic mass is 10.2. The highest BCUT2D eigenvalue weighted by molar-refractivity contribution is 14.0. The minimum atomic E-state index is -4.37. The average molecular weight is 444 g/mol. The van der Waals surface area contributed by atoms with E-state index in [-0.39, 0.29) is 29.9 Å². The number of halogens is 4. The molecule has 1 aliphatic carbocycles. The number of ether oxygens (including phenoxy) is 1. The minimum Gasteiger partial charge on any atom is -0.468 e. The van der Waals surface area contributed by atoms with Crippen LogP contribution in [-0.2, 0) is 6.54 Å². The Morgan fingerprint density at radius 1 is 1.48 bits per heavy atom. The topological polar surface area (TPSA) is 58.5 Å². The van der Waals surface area contributed by atoms with Crippen molar-refractivity contribution in [2.24, 2.45) is 10.9 Å². The molecule has 0 radical (unpaired) electrons. The van der Waals surface area contributed by atoms with Crippen LogP contribution in [0.2, 0.25) is 0 Å². The Kier molecular flexibility index (Phi) is 7.36. The molecule has 130 valence electrons. The summed E-state index contributed by atoms with van der Waals surface area (Å²) in [7, 11) is 1.67. The van der Waals surface area contributed by atoms with Crippen LogP contribution >= 0.6 is 24.0 Å². The van der Waals surface area contributed by atoms with Crippen molar-refractivity contribution in [1.82, 2.24) is 15.6 Å². The van der Waals surface area contributed by atoms with Crippen LogP contribution in [0.4, 0.5) is 13.2 Å². The molecule has 1 aromatic rings. The van der Waals surface area contributed by atoms with Gasteiger partial charge in [-0.3, -0.25) is 4.99 Å². The van der Waals surface area contributed by atoms with E-state index in [4.69, 9.17) is 0 Å². The summed E-state index contributed by atoms with van der Waals surface area (Å²) in [5.41, 5.74) is 0.763. The van der Waals surface area contributed by atoms with E-state index in [0.717, 1.165) is 12.0 Å². The van der Waals surface area contributed by atoms with E-state index < -0.39 is 12.8 Å². The number of nitrogens with zero attached hydrogens (tertiary/aromatic N) is 2.